The molecule has 0 atom stereocenters. The van der Waals surface area contributed by atoms with Gasteiger partial charge in [-0.15, -0.1) is 0 Å². The Bertz CT molecular complexity index is 473. The third kappa shape index (κ3) is 4.13. The van der Waals surface area contributed by atoms with Crippen LogP contribution in [0.4, 0.5) is 0 Å². The van der Waals surface area contributed by atoms with Gasteiger partial charge in [-0.1, -0.05) is 26.0 Å². The van der Waals surface area contributed by atoms with Gasteiger partial charge in [0.1, 0.15) is 5.75 Å². The number of methoxy groups -OCH3 is 1. The molecule has 0 aliphatic carbocycles. The normalized spacial score (nSPS) is 16.9. The molecule has 0 saturated carbocycles. The van der Waals surface area contributed by atoms with Crippen molar-refractivity contribution in [3.63, 3.8) is 0 Å². The monoisotopic (exact) mass is 289 g/mol. The van der Waals surface area contributed by atoms with Crippen molar-refractivity contribution in [3.05, 3.63) is 29.8 Å². The fraction of sp³-hybridized carbons (Fsp3) is 0.588. The molecule has 1 aromatic carbocycles. The maximum absolute atomic E-state index is 6.14. The summed E-state index contributed by atoms with van der Waals surface area (Å²) in [6, 6.07) is 8.19. The average molecular weight is 289 g/mol. The molecule has 4 nitrogen and oxygen atoms in total. The number of hydrogen-bond acceptors (Lipinski definition) is 2. The summed E-state index contributed by atoms with van der Waals surface area (Å²) in [6.45, 7) is 7.17. The maximum atomic E-state index is 6.14. The Balaban J connectivity index is 2.01. The lowest BCUT2D eigenvalue weighted by molar-refractivity contribution is 0.337. The molecule has 0 radical (unpaired) electrons. The maximum Gasteiger partial charge on any atom is 0.191 e. The first kappa shape index (κ1) is 15.7. The zero-order valence-corrected chi connectivity index (χ0v) is 13.4. The smallest absolute Gasteiger partial charge is 0.191 e. The second kappa shape index (κ2) is 6.83. The van der Waals surface area contributed by atoms with E-state index in [0.717, 1.165) is 18.8 Å². The van der Waals surface area contributed by atoms with Gasteiger partial charge in [-0.2, -0.15) is 0 Å². The van der Waals surface area contributed by atoms with E-state index in [2.05, 4.69) is 35.9 Å². The van der Waals surface area contributed by atoms with E-state index in [-0.39, 0.29) is 5.41 Å². The molecule has 21 heavy (non-hydrogen) atoms. The molecule has 0 spiro atoms. The summed E-state index contributed by atoms with van der Waals surface area (Å²) in [7, 11) is 1.68. The average Bonchev–Trinajstić information content (AvgIpc) is 2.53. The van der Waals surface area contributed by atoms with Gasteiger partial charge in [0.25, 0.3) is 0 Å². The summed E-state index contributed by atoms with van der Waals surface area (Å²) in [5.41, 5.74) is 7.35. The van der Waals surface area contributed by atoms with Gasteiger partial charge < -0.3 is 15.4 Å². The Morgan fingerprint density at radius 3 is 2.38 bits per heavy atom. The molecule has 1 aliphatic heterocycles. The van der Waals surface area contributed by atoms with Crippen LogP contribution in [-0.2, 0) is 5.41 Å². The highest BCUT2D eigenvalue weighted by molar-refractivity contribution is 5.78. The highest BCUT2D eigenvalue weighted by atomic mass is 16.5. The minimum atomic E-state index is -0.0350. The number of aliphatic imine (C=N–C) groups is 1. The summed E-state index contributed by atoms with van der Waals surface area (Å²) < 4.78 is 5.21. The Hall–Kier alpha value is -1.71. The predicted molar refractivity (Wildman–Crippen MR) is 87.9 cm³/mol. The third-order valence-corrected chi connectivity index (χ3v) is 4.19. The standard InChI is InChI=1S/C17H27N3O/c1-17(2,14-7-9-15(21-3)10-8-14)13-19-16(18)20-11-5-4-6-12-20/h7-10H,4-6,11-13H2,1-3H3,(H2,18,19). The number of piperidine rings is 1. The minimum absolute atomic E-state index is 0.0350. The van der Waals surface area contributed by atoms with Crippen LogP contribution in [0, 0.1) is 0 Å². The first-order chi connectivity index (χ1) is 10.0. The van der Waals surface area contributed by atoms with Crippen molar-refractivity contribution in [2.45, 2.75) is 38.5 Å². The van der Waals surface area contributed by atoms with Crippen LogP contribution in [0.1, 0.15) is 38.7 Å². The lowest BCUT2D eigenvalue weighted by Crippen LogP contribution is -2.41. The molecule has 1 aromatic rings. The molecular weight excluding hydrogens is 262 g/mol. The van der Waals surface area contributed by atoms with Crippen molar-refractivity contribution in [1.29, 1.82) is 0 Å². The predicted octanol–water partition coefficient (Wildman–Crippen LogP) is 2.77. The quantitative estimate of drug-likeness (QED) is 0.685. The Morgan fingerprint density at radius 1 is 1.19 bits per heavy atom. The summed E-state index contributed by atoms with van der Waals surface area (Å²) in [5, 5.41) is 0. The Labute approximate surface area is 128 Å². The molecule has 2 rings (SSSR count). The van der Waals surface area contributed by atoms with Crippen molar-refractivity contribution in [2.75, 3.05) is 26.7 Å². The first-order valence-electron chi connectivity index (χ1n) is 7.72. The number of ether oxygens (including phenoxy) is 1. The molecule has 0 bridgehead atoms. The highest BCUT2D eigenvalue weighted by Crippen LogP contribution is 2.25. The Kier molecular flexibility index (Phi) is 5.10. The van der Waals surface area contributed by atoms with Gasteiger partial charge in [0.15, 0.2) is 5.96 Å². The molecule has 4 heteroatoms. The molecule has 1 fully saturated rings. The summed E-state index contributed by atoms with van der Waals surface area (Å²) in [4.78, 5) is 6.83. The van der Waals surface area contributed by atoms with E-state index in [9.17, 15) is 0 Å². The zero-order chi connectivity index (χ0) is 15.3. The lowest BCUT2D eigenvalue weighted by atomic mass is 9.85. The molecule has 1 saturated heterocycles. The van der Waals surface area contributed by atoms with Crippen LogP contribution in [0.2, 0.25) is 0 Å². The van der Waals surface area contributed by atoms with Gasteiger partial charge in [0.2, 0.25) is 0 Å². The third-order valence-electron chi connectivity index (χ3n) is 4.19. The first-order valence-corrected chi connectivity index (χ1v) is 7.72. The second-order valence-corrected chi connectivity index (χ2v) is 6.33. The molecule has 0 aromatic heterocycles. The van der Waals surface area contributed by atoms with Crippen LogP contribution in [0.15, 0.2) is 29.3 Å². The van der Waals surface area contributed by atoms with E-state index in [1.54, 1.807) is 7.11 Å². The minimum Gasteiger partial charge on any atom is -0.497 e. The molecular formula is C17H27N3O. The number of nitrogens with zero attached hydrogens (tertiary/aromatic N) is 2. The van der Waals surface area contributed by atoms with E-state index in [0.29, 0.717) is 12.5 Å². The second-order valence-electron chi connectivity index (χ2n) is 6.33. The van der Waals surface area contributed by atoms with Crippen LogP contribution >= 0.6 is 0 Å². The highest BCUT2D eigenvalue weighted by Gasteiger charge is 2.21. The van der Waals surface area contributed by atoms with E-state index in [1.165, 1.54) is 24.8 Å². The van der Waals surface area contributed by atoms with Crippen LogP contribution in [-0.4, -0.2) is 37.6 Å². The summed E-state index contributed by atoms with van der Waals surface area (Å²) in [6.07, 6.45) is 3.75. The largest absolute Gasteiger partial charge is 0.497 e. The summed E-state index contributed by atoms with van der Waals surface area (Å²) >= 11 is 0. The van der Waals surface area contributed by atoms with Crippen molar-refractivity contribution in [3.8, 4) is 5.75 Å². The number of guanidine groups is 1. The summed E-state index contributed by atoms with van der Waals surface area (Å²) in [5.74, 6) is 1.57. The van der Waals surface area contributed by atoms with E-state index >= 15 is 0 Å². The number of likely N-dealkylation sites (tertiary alicyclic amines) is 1. The molecule has 2 N–H and O–H groups in total. The topological polar surface area (TPSA) is 50.9 Å². The van der Waals surface area contributed by atoms with Crippen molar-refractivity contribution < 1.29 is 4.74 Å². The molecule has 1 heterocycles. The van der Waals surface area contributed by atoms with Crippen molar-refractivity contribution in [1.82, 2.24) is 4.90 Å². The lowest BCUT2D eigenvalue weighted by Gasteiger charge is -2.29. The zero-order valence-electron chi connectivity index (χ0n) is 13.4. The van der Waals surface area contributed by atoms with Gasteiger partial charge >= 0.3 is 0 Å². The van der Waals surface area contributed by atoms with E-state index < -0.39 is 0 Å². The van der Waals surface area contributed by atoms with Gasteiger partial charge in [-0.05, 0) is 37.0 Å². The number of hydrogen-bond donors (Lipinski definition) is 1. The molecule has 116 valence electrons. The molecule has 1 aliphatic rings. The van der Waals surface area contributed by atoms with Gasteiger partial charge in [0, 0.05) is 18.5 Å². The van der Waals surface area contributed by atoms with Gasteiger partial charge in [0.05, 0.1) is 13.7 Å². The number of benzene rings is 1. The SMILES string of the molecule is COc1ccc(C(C)(C)CN=C(N)N2CCCCC2)cc1. The molecule has 0 unspecified atom stereocenters. The Morgan fingerprint density at radius 2 is 1.81 bits per heavy atom. The van der Waals surface area contributed by atoms with Crippen LogP contribution in [0.25, 0.3) is 0 Å². The van der Waals surface area contributed by atoms with Crippen molar-refractivity contribution >= 4 is 5.96 Å². The van der Waals surface area contributed by atoms with E-state index in [4.69, 9.17) is 10.5 Å². The number of nitrogens with two attached hydrogens (primary N) is 1. The van der Waals surface area contributed by atoms with Crippen LogP contribution < -0.4 is 10.5 Å². The fourth-order valence-electron chi connectivity index (χ4n) is 2.64. The van der Waals surface area contributed by atoms with Crippen molar-refractivity contribution in [2.24, 2.45) is 10.7 Å². The van der Waals surface area contributed by atoms with Gasteiger partial charge in [-0.25, -0.2) is 0 Å². The van der Waals surface area contributed by atoms with Gasteiger partial charge in [-0.3, -0.25) is 4.99 Å². The van der Waals surface area contributed by atoms with Crippen LogP contribution in [0.5, 0.6) is 5.75 Å². The number of rotatable bonds is 4. The molecule has 0 amide bonds. The fourth-order valence-corrected chi connectivity index (χ4v) is 2.64. The van der Waals surface area contributed by atoms with Crippen LogP contribution in [0.3, 0.4) is 0 Å². The van der Waals surface area contributed by atoms with E-state index in [1.807, 2.05) is 12.1 Å².